The fourth-order valence-electron chi connectivity index (χ4n) is 3.80. The second-order valence-electron chi connectivity index (χ2n) is 8.36. The number of fused-ring (bicyclic) bond motifs is 1. The molecule has 2 aromatic rings. The van der Waals surface area contributed by atoms with E-state index in [1.165, 1.54) is 19.1 Å². The van der Waals surface area contributed by atoms with E-state index in [0.717, 1.165) is 15.4 Å². The summed E-state index contributed by atoms with van der Waals surface area (Å²) in [5.41, 5.74) is 2.14. The van der Waals surface area contributed by atoms with Crippen molar-refractivity contribution in [2.75, 3.05) is 18.7 Å². The summed E-state index contributed by atoms with van der Waals surface area (Å²) in [4.78, 5) is 25.4. The number of aliphatic hydroxyl groups is 1. The predicted molar refractivity (Wildman–Crippen MR) is 121 cm³/mol. The van der Waals surface area contributed by atoms with E-state index in [9.17, 15) is 23.1 Å². The lowest BCUT2D eigenvalue weighted by Crippen LogP contribution is -2.43. The SMILES string of the molecule is Cc1ccc(S(=O)(=O)N2CC(O)C[C@H]2C(=O)OC(C)C(=O)Nc2ccc3c(c2)OCO3)cc1C. The quantitative estimate of drug-likeness (QED) is 0.586. The summed E-state index contributed by atoms with van der Waals surface area (Å²) in [5.74, 6) is -0.469. The monoisotopic (exact) mass is 490 g/mol. The van der Waals surface area contributed by atoms with Crippen LogP contribution in [0.5, 0.6) is 11.5 Å². The number of aryl methyl sites for hydroxylation is 2. The van der Waals surface area contributed by atoms with E-state index in [-0.39, 0.29) is 24.7 Å². The number of anilines is 1. The van der Waals surface area contributed by atoms with Gasteiger partial charge in [-0.3, -0.25) is 9.59 Å². The van der Waals surface area contributed by atoms with E-state index in [2.05, 4.69) is 5.32 Å². The zero-order chi connectivity index (χ0) is 24.6. The van der Waals surface area contributed by atoms with Crippen LogP contribution in [0.25, 0.3) is 0 Å². The molecule has 2 heterocycles. The molecule has 0 spiro atoms. The first-order valence-electron chi connectivity index (χ1n) is 10.7. The Kier molecular flexibility index (Phi) is 6.52. The number of carbonyl (C=O) groups excluding carboxylic acids is 2. The molecule has 2 N–H and O–H groups in total. The summed E-state index contributed by atoms with van der Waals surface area (Å²) in [7, 11) is -4.07. The minimum atomic E-state index is -4.07. The zero-order valence-electron chi connectivity index (χ0n) is 19.0. The smallest absolute Gasteiger partial charge is 0.325 e. The van der Waals surface area contributed by atoms with Crippen molar-refractivity contribution in [3.8, 4) is 11.5 Å². The molecule has 11 heteroatoms. The predicted octanol–water partition coefficient (Wildman–Crippen LogP) is 1.73. The third-order valence-electron chi connectivity index (χ3n) is 5.89. The number of amides is 1. The number of ether oxygens (including phenoxy) is 3. The van der Waals surface area contributed by atoms with Crippen LogP contribution in [0.3, 0.4) is 0 Å². The molecule has 10 nitrogen and oxygen atoms in total. The van der Waals surface area contributed by atoms with Crippen LogP contribution >= 0.6 is 0 Å². The molecule has 0 aliphatic carbocycles. The summed E-state index contributed by atoms with van der Waals surface area (Å²) in [6.45, 7) is 4.89. The van der Waals surface area contributed by atoms with E-state index >= 15 is 0 Å². The van der Waals surface area contributed by atoms with Crippen molar-refractivity contribution in [3.05, 3.63) is 47.5 Å². The molecule has 0 aromatic heterocycles. The summed E-state index contributed by atoms with van der Waals surface area (Å²) >= 11 is 0. The van der Waals surface area contributed by atoms with Gasteiger partial charge in [0, 0.05) is 24.7 Å². The van der Waals surface area contributed by atoms with Crippen molar-refractivity contribution in [2.45, 2.75) is 50.3 Å². The maximum atomic E-state index is 13.2. The first-order valence-corrected chi connectivity index (χ1v) is 12.2. The van der Waals surface area contributed by atoms with Gasteiger partial charge < -0.3 is 24.6 Å². The first kappa shape index (κ1) is 24.0. The average molecular weight is 491 g/mol. The Morgan fingerprint density at radius 3 is 2.59 bits per heavy atom. The Morgan fingerprint density at radius 1 is 1.12 bits per heavy atom. The van der Waals surface area contributed by atoms with Gasteiger partial charge in [-0.05, 0) is 56.2 Å². The lowest BCUT2D eigenvalue weighted by Gasteiger charge is -2.24. The Hall–Kier alpha value is -3.15. The van der Waals surface area contributed by atoms with E-state index in [1.807, 2.05) is 6.92 Å². The number of carbonyl (C=O) groups is 2. The van der Waals surface area contributed by atoms with Crippen LogP contribution in [0.1, 0.15) is 24.5 Å². The molecule has 0 saturated carbocycles. The van der Waals surface area contributed by atoms with Crippen molar-refractivity contribution in [1.29, 1.82) is 0 Å². The Morgan fingerprint density at radius 2 is 1.85 bits per heavy atom. The van der Waals surface area contributed by atoms with Crippen LogP contribution < -0.4 is 14.8 Å². The number of nitrogens with zero attached hydrogens (tertiary/aromatic N) is 1. The molecule has 2 aromatic carbocycles. The van der Waals surface area contributed by atoms with E-state index in [0.29, 0.717) is 17.2 Å². The lowest BCUT2D eigenvalue weighted by atomic mass is 10.1. The van der Waals surface area contributed by atoms with Crippen LogP contribution in [0, 0.1) is 13.8 Å². The van der Waals surface area contributed by atoms with Gasteiger partial charge in [0.2, 0.25) is 16.8 Å². The van der Waals surface area contributed by atoms with Gasteiger partial charge in [-0.1, -0.05) is 6.07 Å². The van der Waals surface area contributed by atoms with Gasteiger partial charge in [-0.15, -0.1) is 0 Å². The summed E-state index contributed by atoms with van der Waals surface area (Å²) in [6.07, 6.45) is -2.36. The first-order chi connectivity index (χ1) is 16.1. The third kappa shape index (κ3) is 4.72. The van der Waals surface area contributed by atoms with Gasteiger partial charge in [0.15, 0.2) is 17.6 Å². The minimum Gasteiger partial charge on any atom is -0.454 e. The van der Waals surface area contributed by atoms with E-state index < -0.39 is 40.1 Å². The summed E-state index contributed by atoms with van der Waals surface area (Å²) in [5, 5.41) is 12.7. The summed E-state index contributed by atoms with van der Waals surface area (Å²) < 4.78 is 43.2. The Balaban J connectivity index is 1.45. The highest BCUT2D eigenvalue weighted by atomic mass is 32.2. The van der Waals surface area contributed by atoms with Crippen molar-refractivity contribution < 1.29 is 37.3 Å². The number of rotatable bonds is 6. The van der Waals surface area contributed by atoms with Crippen molar-refractivity contribution >= 4 is 27.6 Å². The molecule has 3 atom stereocenters. The van der Waals surface area contributed by atoms with Gasteiger partial charge in [0.05, 0.1) is 11.0 Å². The minimum absolute atomic E-state index is 0.0242. The maximum absolute atomic E-state index is 13.2. The zero-order valence-corrected chi connectivity index (χ0v) is 19.8. The van der Waals surface area contributed by atoms with Gasteiger partial charge >= 0.3 is 5.97 Å². The van der Waals surface area contributed by atoms with Crippen molar-refractivity contribution in [1.82, 2.24) is 4.31 Å². The molecule has 0 radical (unpaired) electrons. The largest absolute Gasteiger partial charge is 0.454 e. The Labute approximate surface area is 197 Å². The van der Waals surface area contributed by atoms with Gasteiger partial charge in [0.25, 0.3) is 5.91 Å². The van der Waals surface area contributed by atoms with Gasteiger partial charge in [-0.25, -0.2) is 8.42 Å². The number of benzene rings is 2. The molecule has 0 bridgehead atoms. The molecule has 1 fully saturated rings. The molecule has 2 aliphatic rings. The molecular formula is C23H26N2O8S. The number of nitrogens with one attached hydrogen (secondary N) is 1. The molecule has 2 aliphatic heterocycles. The third-order valence-corrected chi connectivity index (χ3v) is 7.76. The number of hydrogen-bond acceptors (Lipinski definition) is 8. The topological polar surface area (TPSA) is 131 Å². The van der Waals surface area contributed by atoms with Crippen LogP contribution in [0.15, 0.2) is 41.3 Å². The molecular weight excluding hydrogens is 464 g/mol. The van der Waals surface area contributed by atoms with Crippen LogP contribution in [-0.2, 0) is 24.3 Å². The Bertz CT molecular complexity index is 1230. The number of esters is 1. The molecule has 1 saturated heterocycles. The number of aliphatic hydroxyl groups excluding tert-OH is 1. The normalized spacial score (nSPS) is 20.7. The second-order valence-corrected chi connectivity index (χ2v) is 10.3. The highest BCUT2D eigenvalue weighted by Gasteiger charge is 2.45. The van der Waals surface area contributed by atoms with E-state index in [1.54, 1.807) is 31.2 Å². The van der Waals surface area contributed by atoms with Gasteiger partial charge in [-0.2, -0.15) is 4.31 Å². The molecule has 1 amide bonds. The maximum Gasteiger partial charge on any atom is 0.325 e. The van der Waals surface area contributed by atoms with Crippen LogP contribution in [0.2, 0.25) is 0 Å². The lowest BCUT2D eigenvalue weighted by molar-refractivity contribution is -0.156. The standard InChI is InChI=1S/C23H26N2O8S/c1-13-4-6-18(8-14(13)2)34(29,30)25-11-17(26)10-19(25)23(28)33-15(3)22(27)24-16-5-7-20-21(9-16)32-12-31-20/h4-9,15,17,19,26H,10-12H2,1-3H3,(H,24,27)/t15?,17?,19-/m0/s1. The van der Waals surface area contributed by atoms with Crippen molar-refractivity contribution in [2.24, 2.45) is 0 Å². The van der Waals surface area contributed by atoms with Crippen LogP contribution in [-0.4, -0.2) is 61.3 Å². The number of β-amino-alcohol motifs (C(OH)–C–C–N with tert-alkyl or cyclic N) is 1. The molecule has 34 heavy (non-hydrogen) atoms. The fourth-order valence-corrected chi connectivity index (χ4v) is 5.51. The van der Waals surface area contributed by atoms with Gasteiger partial charge in [0.1, 0.15) is 6.04 Å². The van der Waals surface area contributed by atoms with E-state index in [4.69, 9.17) is 14.2 Å². The number of sulfonamides is 1. The average Bonchev–Trinajstić information content (AvgIpc) is 3.41. The summed E-state index contributed by atoms with van der Waals surface area (Å²) in [6, 6.07) is 8.27. The molecule has 182 valence electrons. The highest BCUT2D eigenvalue weighted by molar-refractivity contribution is 7.89. The molecule has 2 unspecified atom stereocenters. The second kappa shape index (κ2) is 9.24. The molecule has 4 rings (SSSR count). The van der Waals surface area contributed by atoms with Crippen molar-refractivity contribution in [3.63, 3.8) is 0 Å². The fraction of sp³-hybridized carbons (Fsp3) is 0.391. The number of hydrogen-bond donors (Lipinski definition) is 2. The van der Waals surface area contributed by atoms with Crippen LogP contribution in [0.4, 0.5) is 5.69 Å². The highest BCUT2D eigenvalue weighted by Crippen LogP contribution is 2.34.